The summed E-state index contributed by atoms with van der Waals surface area (Å²) in [4.78, 5) is 0. The molecule has 1 N–H and O–H groups in total. The second-order valence-electron chi connectivity index (χ2n) is 3.79. The van der Waals surface area contributed by atoms with Gasteiger partial charge in [-0.25, -0.2) is 4.39 Å². The van der Waals surface area contributed by atoms with Crippen molar-refractivity contribution in [1.29, 1.82) is 0 Å². The first-order chi connectivity index (χ1) is 6.72. The summed E-state index contributed by atoms with van der Waals surface area (Å²) < 4.78 is 18.2. The molecule has 0 bridgehead atoms. The Bertz CT molecular complexity index is 345. The topological polar surface area (TPSA) is 29.5 Å². The fraction of sp³-hybridized carbons (Fsp3) is 0.455. The molecule has 14 heavy (non-hydrogen) atoms. The summed E-state index contributed by atoms with van der Waals surface area (Å²) in [5.41, 5.74) is 0.700. The summed E-state index contributed by atoms with van der Waals surface area (Å²) in [5, 5.41) is 9.17. The summed E-state index contributed by atoms with van der Waals surface area (Å²) in [6.07, 6.45) is 1.88. The predicted molar refractivity (Wildman–Crippen MR) is 50.9 cm³/mol. The number of aliphatic hydroxyl groups is 1. The number of halogens is 1. The smallest absolute Gasteiger partial charge is 0.165 e. The minimum absolute atomic E-state index is 0.0960. The molecule has 0 radical (unpaired) electrons. The first-order valence-corrected chi connectivity index (χ1v) is 4.67. The quantitative estimate of drug-likeness (QED) is 0.799. The molecule has 2 nitrogen and oxygen atoms in total. The van der Waals surface area contributed by atoms with E-state index in [2.05, 4.69) is 0 Å². The van der Waals surface area contributed by atoms with Gasteiger partial charge in [-0.3, -0.25) is 0 Å². The van der Waals surface area contributed by atoms with Crippen molar-refractivity contribution >= 4 is 0 Å². The molecule has 0 spiro atoms. The van der Waals surface area contributed by atoms with Gasteiger partial charge in [0.2, 0.25) is 0 Å². The normalized spacial score (nSPS) is 17.9. The molecule has 1 aromatic carbocycles. The Morgan fingerprint density at radius 3 is 2.64 bits per heavy atom. The van der Waals surface area contributed by atoms with Gasteiger partial charge in [-0.05, 0) is 30.5 Å². The molecule has 1 aromatic rings. The van der Waals surface area contributed by atoms with Crippen molar-refractivity contribution in [3.63, 3.8) is 0 Å². The molecule has 0 unspecified atom stereocenters. The van der Waals surface area contributed by atoms with Crippen molar-refractivity contribution in [2.24, 2.45) is 0 Å². The molecule has 1 aliphatic rings. The minimum Gasteiger partial charge on any atom is -0.494 e. The summed E-state index contributed by atoms with van der Waals surface area (Å²) >= 11 is 0. The lowest BCUT2D eigenvalue weighted by atomic mass is 9.97. The highest BCUT2D eigenvalue weighted by Crippen LogP contribution is 2.48. The highest BCUT2D eigenvalue weighted by atomic mass is 19.1. The molecule has 76 valence electrons. The zero-order valence-electron chi connectivity index (χ0n) is 8.09. The van der Waals surface area contributed by atoms with E-state index in [1.165, 1.54) is 13.2 Å². The maximum Gasteiger partial charge on any atom is 0.165 e. The van der Waals surface area contributed by atoms with Crippen LogP contribution < -0.4 is 4.74 Å². The van der Waals surface area contributed by atoms with E-state index in [-0.39, 0.29) is 23.6 Å². The Hall–Kier alpha value is -1.09. The number of ether oxygens (including phenoxy) is 1. The Labute approximate surface area is 82.3 Å². The summed E-state index contributed by atoms with van der Waals surface area (Å²) in [6, 6.07) is 4.90. The maximum absolute atomic E-state index is 13.3. The Kier molecular flexibility index (Phi) is 2.19. The molecule has 1 fully saturated rings. The third-order valence-corrected chi connectivity index (χ3v) is 2.92. The van der Waals surface area contributed by atoms with Crippen LogP contribution in [0, 0.1) is 5.82 Å². The zero-order valence-corrected chi connectivity index (χ0v) is 8.09. The van der Waals surface area contributed by atoms with E-state index in [1.807, 2.05) is 6.07 Å². The van der Waals surface area contributed by atoms with Gasteiger partial charge in [-0.2, -0.15) is 0 Å². The van der Waals surface area contributed by atoms with Crippen molar-refractivity contribution in [1.82, 2.24) is 0 Å². The van der Waals surface area contributed by atoms with Crippen LogP contribution in [0.1, 0.15) is 18.4 Å². The van der Waals surface area contributed by atoms with Gasteiger partial charge in [0, 0.05) is 5.41 Å². The molecule has 0 atom stereocenters. The summed E-state index contributed by atoms with van der Waals surface area (Å²) in [6.45, 7) is 0.0960. The van der Waals surface area contributed by atoms with Crippen LogP contribution in [0.25, 0.3) is 0 Å². The number of aliphatic hydroxyl groups excluding tert-OH is 1. The van der Waals surface area contributed by atoms with Crippen LogP contribution in [0.3, 0.4) is 0 Å². The lowest BCUT2D eigenvalue weighted by Gasteiger charge is -2.12. The minimum atomic E-state index is -0.357. The van der Waals surface area contributed by atoms with E-state index in [4.69, 9.17) is 4.74 Å². The number of benzene rings is 1. The van der Waals surface area contributed by atoms with E-state index in [0.717, 1.165) is 18.4 Å². The third-order valence-electron chi connectivity index (χ3n) is 2.92. The standard InChI is InChI=1S/C11H13FO2/c1-14-10-3-2-8(6-9(10)12)11(7-13)4-5-11/h2-3,6,13H,4-5,7H2,1H3. The molecule has 0 heterocycles. The molecule has 1 aliphatic carbocycles. The fourth-order valence-corrected chi connectivity index (χ4v) is 1.69. The SMILES string of the molecule is COc1ccc(C2(CO)CC2)cc1F. The molecule has 3 heteroatoms. The molecular weight excluding hydrogens is 183 g/mol. The van der Waals surface area contributed by atoms with Gasteiger partial charge in [0.25, 0.3) is 0 Å². The molecule has 0 amide bonds. The first-order valence-electron chi connectivity index (χ1n) is 4.67. The third kappa shape index (κ3) is 1.38. The van der Waals surface area contributed by atoms with Crippen molar-refractivity contribution in [2.45, 2.75) is 18.3 Å². The van der Waals surface area contributed by atoms with E-state index in [0.29, 0.717) is 0 Å². The average molecular weight is 196 g/mol. The second kappa shape index (κ2) is 3.24. The summed E-state index contributed by atoms with van der Waals surface area (Å²) in [7, 11) is 1.44. The molecule has 0 saturated heterocycles. The molecule has 2 rings (SSSR count). The van der Waals surface area contributed by atoms with Crippen molar-refractivity contribution in [3.05, 3.63) is 29.6 Å². The largest absolute Gasteiger partial charge is 0.494 e. The zero-order chi connectivity index (χ0) is 10.2. The highest BCUT2D eigenvalue weighted by molar-refractivity contribution is 5.37. The van der Waals surface area contributed by atoms with Crippen LogP contribution in [0.5, 0.6) is 5.75 Å². The number of hydrogen-bond donors (Lipinski definition) is 1. The first kappa shape index (κ1) is 9.46. The van der Waals surface area contributed by atoms with Gasteiger partial charge >= 0.3 is 0 Å². The fourth-order valence-electron chi connectivity index (χ4n) is 1.69. The monoisotopic (exact) mass is 196 g/mol. The number of hydrogen-bond acceptors (Lipinski definition) is 2. The average Bonchev–Trinajstić information content (AvgIpc) is 2.98. The van der Waals surface area contributed by atoms with Gasteiger partial charge in [0.15, 0.2) is 11.6 Å². The number of methoxy groups -OCH3 is 1. The lowest BCUT2D eigenvalue weighted by molar-refractivity contribution is 0.254. The van der Waals surface area contributed by atoms with Gasteiger partial charge < -0.3 is 9.84 Å². The lowest BCUT2D eigenvalue weighted by Crippen LogP contribution is -2.12. The van der Waals surface area contributed by atoms with Crippen molar-refractivity contribution in [2.75, 3.05) is 13.7 Å². The van der Waals surface area contributed by atoms with Crippen LogP contribution >= 0.6 is 0 Å². The molecule has 0 aromatic heterocycles. The summed E-state index contributed by atoms with van der Waals surface area (Å²) in [5.74, 6) is -0.104. The van der Waals surface area contributed by atoms with Crippen LogP contribution in [0.2, 0.25) is 0 Å². The Balaban J connectivity index is 2.33. The van der Waals surface area contributed by atoms with Gasteiger partial charge in [0.05, 0.1) is 13.7 Å². The molecular formula is C11H13FO2. The molecule has 0 aliphatic heterocycles. The van der Waals surface area contributed by atoms with E-state index >= 15 is 0 Å². The predicted octanol–water partition coefficient (Wildman–Crippen LogP) is 1.86. The van der Waals surface area contributed by atoms with Gasteiger partial charge in [-0.1, -0.05) is 6.07 Å². The van der Waals surface area contributed by atoms with Crippen molar-refractivity contribution in [3.8, 4) is 5.75 Å². The van der Waals surface area contributed by atoms with Gasteiger partial charge in [0.1, 0.15) is 0 Å². The van der Waals surface area contributed by atoms with E-state index < -0.39 is 0 Å². The number of rotatable bonds is 3. The maximum atomic E-state index is 13.3. The van der Waals surface area contributed by atoms with Crippen LogP contribution in [0.15, 0.2) is 18.2 Å². The Morgan fingerprint density at radius 2 is 2.21 bits per heavy atom. The van der Waals surface area contributed by atoms with Crippen LogP contribution in [-0.4, -0.2) is 18.8 Å². The Morgan fingerprint density at radius 1 is 1.50 bits per heavy atom. The van der Waals surface area contributed by atoms with E-state index in [9.17, 15) is 9.50 Å². The van der Waals surface area contributed by atoms with Gasteiger partial charge in [-0.15, -0.1) is 0 Å². The second-order valence-corrected chi connectivity index (χ2v) is 3.79. The van der Waals surface area contributed by atoms with Crippen LogP contribution in [0.4, 0.5) is 4.39 Å². The van der Waals surface area contributed by atoms with E-state index in [1.54, 1.807) is 6.07 Å². The van der Waals surface area contributed by atoms with Crippen molar-refractivity contribution < 1.29 is 14.2 Å². The highest BCUT2D eigenvalue weighted by Gasteiger charge is 2.43. The van der Waals surface area contributed by atoms with Crippen LogP contribution in [-0.2, 0) is 5.41 Å². The molecule has 1 saturated carbocycles.